The summed E-state index contributed by atoms with van der Waals surface area (Å²) >= 11 is 0. The van der Waals surface area contributed by atoms with Gasteiger partial charge in [-0.2, -0.15) is 0 Å². The quantitative estimate of drug-likeness (QED) is 0.604. The van der Waals surface area contributed by atoms with E-state index >= 15 is 0 Å². The predicted octanol–water partition coefficient (Wildman–Crippen LogP) is 4.69. The number of esters is 1. The van der Waals surface area contributed by atoms with Crippen LogP contribution in [0.1, 0.15) is 43.2 Å². The number of hydrogen-bond acceptors (Lipinski definition) is 4. The summed E-state index contributed by atoms with van der Waals surface area (Å²) < 4.78 is 25.4. The number of urea groups is 1. The smallest absolute Gasteiger partial charge is 0.336 e. The third-order valence-electron chi connectivity index (χ3n) is 6.99. The maximum absolute atomic E-state index is 14.2. The Hall–Kier alpha value is -3.35. The van der Waals surface area contributed by atoms with Crippen LogP contribution in [0.5, 0.6) is 5.75 Å². The normalized spacial score (nSPS) is 21.4. The Labute approximate surface area is 198 Å². The molecule has 2 fully saturated rings. The molecule has 2 atom stereocenters. The Kier molecular flexibility index (Phi) is 6.26. The Morgan fingerprint density at radius 2 is 1.88 bits per heavy atom. The number of benzene rings is 2. The molecule has 3 aliphatic rings. The van der Waals surface area contributed by atoms with Gasteiger partial charge >= 0.3 is 12.0 Å². The van der Waals surface area contributed by atoms with Gasteiger partial charge in [-0.1, -0.05) is 30.3 Å². The fraction of sp³-hybridized carbons (Fsp3) is 0.407. The van der Waals surface area contributed by atoms with E-state index in [2.05, 4.69) is 5.32 Å². The summed E-state index contributed by atoms with van der Waals surface area (Å²) in [6.45, 7) is 0.953. The molecule has 6 nitrogen and oxygen atoms in total. The molecule has 1 aliphatic carbocycles. The number of ether oxygens (including phenoxy) is 2. The first kappa shape index (κ1) is 22.4. The van der Waals surface area contributed by atoms with Gasteiger partial charge in [-0.25, -0.2) is 14.0 Å². The second kappa shape index (κ2) is 9.49. The molecule has 0 aromatic heterocycles. The fourth-order valence-electron chi connectivity index (χ4n) is 5.09. The third-order valence-corrected chi connectivity index (χ3v) is 6.99. The molecule has 0 unspecified atom stereocenters. The van der Waals surface area contributed by atoms with Crippen molar-refractivity contribution in [3.05, 3.63) is 71.0 Å². The predicted molar refractivity (Wildman–Crippen MR) is 125 cm³/mol. The van der Waals surface area contributed by atoms with E-state index in [-0.39, 0.29) is 24.7 Å². The van der Waals surface area contributed by atoms with Gasteiger partial charge in [0.2, 0.25) is 0 Å². The van der Waals surface area contributed by atoms with E-state index in [1.165, 1.54) is 19.2 Å². The zero-order valence-corrected chi connectivity index (χ0v) is 19.3. The van der Waals surface area contributed by atoms with Gasteiger partial charge in [0.05, 0.1) is 18.7 Å². The molecule has 1 saturated heterocycles. The van der Waals surface area contributed by atoms with Crippen molar-refractivity contribution >= 4 is 17.6 Å². The number of methoxy groups -OCH3 is 1. The standard InChI is InChI=1S/C27H29FN2O4/c1-33-26(31)25-22(14-20-10-12-23(25)30(20)27(32)29-15-17-7-8-17)21-11-9-19(28)13-24(21)34-16-18-5-3-2-4-6-18/h2-6,9,11,13,17,20,23H,7-8,10,12,14-16H2,1H3,(H,29,32)/t20-,23+/m0/s1. The lowest BCUT2D eigenvalue weighted by atomic mass is 9.88. The molecule has 0 spiro atoms. The van der Waals surface area contributed by atoms with Crippen molar-refractivity contribution in [1.29, 1.82) is 0 Å². The van der Waals surface area contributed by atoms with Crippen LogP contribution in [0.4, 0.5) is 9.18 Å². The van der Waals surface area contributed by atoms with Gasteiger partial charge in [0.15, 0.2) is 0 Å². The van der Waals surface area contributed by atoms with Crippen molar-refractivity contribution in [2.24, 2.45) is 5.92 Å². The number of nitrogens with zero attached hydrogens (tertiary/aromatic N) is 1. The minimum absolute atomic E-state index is 0.0281. The maximum atomic E-state index is 14.2. The SMILES string of the molecule is COC(=O)C1=C(c2ccc(F)cc2OCc2ccccc2)C[C@@H]2CC[C@H]1N2C(=O)NCC1CC1. The van der Waals surface area contributed by atoms with E-state index in [0.29, 0.717) is 42.2 Å². The monoisotopic (exact) mass is 464 g/mol. The second-order valence-corrected chi connectivity index (χ2v) is 9.29. The molecule has 0 radical (unpaired) electrons. The van der Waals surface area contributed by atoms with E-state index < -0.39 is 11.8 Å². The Morgan fingerprint density at radius 1 is 1.09 bits per heavy atom. The van der Waals surface area contributed by atoms with Gasteiger partial charge in [0.1, 0.15) is 18.2 Å². The minimum atomic E-state index is -0.460. The topological polar surface area (TPSA) is 67.9 Å². The number of fused-ring (bicyclic) bond motifs is 2. The molecular formula is C27H29FN2O4. The maximum Gasteiger partial charge on any atom is 0.336 e. The number of rotatable bonds is 7. The van der Waals surface area contributed by atoms with E-state index in [4.69, 9.17) is 9.47 Å². The first-order valence-electron chi connectivity index (χ1n) is 11.9. The number of nitrogens with one attached hydrogen (secondary N) is 1. The molecular weight excluding hydrogens is 435 g/mol. The lowest BCUT2D eigenvalue weighted by Gasteiger charge is -2.37. The zero-order chi connectivity index (χ0) is 23.7. The molecule has 1 N–H and O–H groups in total. The number of halogens is 1. The molecule has 2 bridgehead atoms. The van der Waals surface area contributed by atoms with Crippen molar-refractivity contribution < 1.29 is 23.5 Å². The van der Waals surface area contributed by atoms with E-state index in [1.807, 2.05) is 35.2 Å². The zero-order valence-electron chi connectivity index (χ0n) is 19.3. The highest BCUT2D eigenvalue weighted by molar-refractivity contribution is 6.01. The van der Waals surface area contributed by atoms with Gasteiger partial charge < -0.3 is 19.7 Å². The van der Waals surface area contributed by atoms with Crippen molar-refractivity contribution in [1.82, 2.24) is 10.2 Å². The molecule has 2 aromatic rings. The fourth-order valence-corrected chi connectivity index (χ4v) is 5.09. The van der Waals surface area contributed by atoms with Crippen LogP contribution >= 0.6 is 0 Å². The molecule has 2 aromatic carbocycles. The number of amides is 2. The molecule has 2 heterocycles. The van der Waals surface area contributed by atoms with Crippen molar-refractivity contribution in [3.63, 3.8) is 0 Å². The highest BCUT2D eigenvalue weighted by Gasteiger charge is 2.47. The second-order valence-electron chi connectivity index (χ2n) is 9.29. The molecule has 5 rings (SSSR count). The van der Waals surface area contributed by atoms with Crippen LogP contribution < -0.4 is 10.1 Å². The van der Waals surface area contributed by atoms with Crippen LogP contribution in [0.25, 0.3) is 5.57 Å². The minimum Gasteiger partial charge on any atom is -0.488 e. The molecule has 2 amide bonds. The van der Waals surface area contributed by atoms with Gasteiger partial charge in [0, 0.05) is 24.2 Å². The van der Waals surface area contributed by atoms with Crippen LogP contribution in [0.15, 0.2) is 54.1 Å². The van der Waals surface area contributed by atoms with E-state index in [0.717, 1.165) is 30.4 Å². The van der Waals surface area contributed by atoms with Crippen LogP contribution in [0.2, 0.25) is 0 Å². The number of hydrogen-bond donors (Lipinski definition) is 1. The Bertz CT molecular complexity index is 1110. The summed E-state index contributed by atoms with van der Waals surface area (Å²) in [6.07, 6.45) is 4.29. The van der Waals surface area contributed by atoms with Crippen LogP contribution in [-0.2, 0) is 16.1 Å². The van der Waals surface area contributed by atoms with Crippen LogP contribution in [0.3, 0.4) is 0 Å². The molecule has 34 heavy (non-hydrogen) atoms. The van der Waals surface area contributed by atoms with Crippen molar-refractivity contribution in [2.45, 2.75) is 50.8 Å². The highest BCUT2D eigenvalue weighted by Crippen LogP contribution is 2.45. The summed E-state index contributed by atoms with van der Waals surface area (Å²) in [5.41, 5.74) is 2.87. The molecule has 7 heteroatoms. The van der Waals surface area contributed by atoms with Crippen molar-refractivity contribution in [3.8, 4) is 5.75 Å². The first-order chi connectivity index (χ1) is 16.5. The summed E-state index contributed by atoms with van der Waals surface area (Å²) in [7, 11) is 1.35. The largest absolute Gasteiger partial charge is 0.488 e. The summed E-state index contributed by atoms with van der Waals surface area (Å²) in [6, 6.07) is 13.5. The lowest BCUT2D eigenvalue weighted by molar-refractivity contribution is -0.136. The first-order valence-corrected chi connectivity index (χ1v) is 11.9. The Morgan fingerprint density at radius 3 is 2.62 bits per heavy atom. The summed E-state index contributed by atoms with van der Waals surface area (Å²) in [5.74, 6) is 0.0815. The van der Waals surface area contributed by atoms with E-state index in [9.17, 15) is 14.0 Å². The average Bonchev–Trinajstić information content (AvgIpc) is 3.63. The molecule has 178 valence electrons. The molecule has 2 aliphatic heterocycles. The lowest BCUT2D eigenvalue weighted by Crippen LogP contribution is -2.51. The van der Waals surface area contributed by atoms with Gasteiger partial charge in [0.25, 0.3) is 0 Å². The van der Waals surface area contributed by atoms with Crippen LogP contribution in [-0.4, -0.2) is 42.6 Å². The number of carbonyl (C=O) groups excluding carboxylic acids is 2. The summed E-state index contributed by atoms with van der Waals surface area (Å²) in [4.78, 5) is 27.8. The number of carbonyl (C=O) groups is 2. The summed E-state index contributed by atoms with van der Waals surface area (Å²) in [5, 5.41) is 3.04. The van der Waals surface area contributed by atoms with Crippen molar-refractivity contribution in [2.75, 3.05) is 13.7 Å². The van der Waals surface area contributed by atoms with Gasteiger partial charge in [-0.05, 0) is 61.3 Å². The van der Waals surface area contributed by atoms with Gasteiger partial charge in [-0.15, -0.1) is 0 Å². The third kappa shape index (κ3) is 4.52. The Balaban J connectivity index is 1.48. The molecule has 1 saturated carbocycles. The highest BCUT2D eigenvalue weighted by atomic mass is 19.1. The van der Waals surface area contributed by atoms with Gasteiger partial charge in [-0.3, -0.25) is 0 Å². The van der Waals surface area contributed by atoms with Crippen LogP contribution in [0, 0.1) is 11.7 Å². The average molecular weight is 465 g/mol. The van der Waals surface area contributed by atoms with E-state index in [1.54, 1.807) is 6.07 Å².